The lowest BCUT2D eigenvalue weighted by Gasteiger charge is -2.57. The van der Waals surface area contributed by atoms with Crippen LogP contribution in [0.5, 0.6) is 11.5 Å². The number of rotatable bonds is 3. The number of Topliss-reactive ketones (excluding diaryl/α,β-unsaturated/α-hetero) is 1. The second-order valence-corrected chi connectivity index (χ2v) is 7.49. The molecule has 1 fully saturated rings. The van der Waals surface area contributed by atoms with E-state index >= 15 is 0 Å². The lowest BCUT2D eigenvalue weighted by atomic mass is 9.53. The Balaban J connectivity index is 2.02. The van der Waals surface area contributed by atoms with Crippen LogP contribution < -0.4 is 4.74 Å². The summed E-state index contributed by atoms with van der Waals surface area (Å²) in [6.07, 6.45) is 1.87. The van der Waals surface area contributed by atoms with Crippen LogP contribution in [0.3, 0.4) is 0 Å². The van der Waals surface area contributed by atoms with Crippen molar-refractivity contribution < 1.29 is 24.1 Å². The van der Waals surface area contributed by atoms with Crippen molar-refractivity contribution in [1.29, 1.82) is 0 Å². The number of likely N-dealkylation sites (N-methyl/N-ethyl adjacent to an activating group) is 1. The molecular weight excluding hydrogens is 334 g/mol. The number of phenols is 1. The maximum absolute atomic E-state index is 12.9. The van der Waals surface area contributed by atoms with Crippen LogP contribution in [0, 0.1) is 5.92 Å². The molecule has 6 nitrogen and oxygen atoms in total. The lowest BCUT2D eigenvalue weighted by molar-refractivity contribution is -0.125. The molecule has 4 rings (SSSR count). The van der Waals surface area contributed by atoms with Crippen LogP contribution in [-0.4, -0.2) is 56.8 Å². The summed E-state index contributed by atoms with van der Waals surface area (Å²) in [5.74, 6) is 1.42. The molecule has 1 aromatic rings. The van der Waals surface area contributed by atoms with E-state index in [1.807, 2.05) is 6.07 Å². The molecule has 0 spiro atoms. The Bertz CT molecular complexity index is 802. The van der Waals surface area contributed by atoms with Gasteiger partial charge in [-0.1, -0.05) is 6.07 Å². The highest BCUT2D eigenvalue weighted by molar-refractivity contribution is 5.96. The standard InChI is InChI=1S/C20H25NO5/c1-21-8-7-20-10-13(22)18(25-3)19(26-4)16(20)12(21)9-11-5-6-14(24-2)17(23)15(11)20/h5-6,12,16,23H,7-10H2,1-4H3/t12-,16-,20-/m0/s1. The number of nitrogens with zero attached hydrogens (tertiary/aromatic N) is 1. The maximum Gasteiger partial charge on any atom is 0.201 e. The van der Waals surface area contributed by atoms with Gasteiger partial charge in [0.25, 0.3) is 0 Å². The number of hydrogen-bond acceptors (Lipinski definition) is 6. The molecule has 1 aromatic carbocycles. The highest BCUT2D eigenvalue weighted by Gasteiger charge is 2.60. The molecular formula is C20H25NO5. The summed E-state index contributed by atoms with van der Waals surface area (Å²) in [6.45, 7) is 0.865. The van der Waals surface area contributed by atoms with E-state index in [0.717, 1.165) is 30.5 Å². The molecule has 1 aliphatic heterocycles. The minimum absolute atomic E-state index is 0.0376. The van der Waals surface area contributed by atoms with Crippen molar-refractivity contribution in [2.24, 2.45) is 5.92 Å². The highest BCUT2D eigenvalue weighted by atomic mass is 16.5. The summed E-state index contributed by atoms with van der Waals surface area (Å²) in [7, 11) is 6.77. The number of aromatic hydroxyl groups is 1. The van der Waals surface area contributed by atoms with E-state index in [1.165, 1.54) is 7.11 Å². The van der Waals surface area contributed by atoms with E-state index in [9.17, 15) is 9.90 Å². The predicted octanol–water partition coefficient (Wildman–Crippen LogP) is 1.99. The minimum atomic E-state index is -0.492. The molecule has 0 radical (unpaired) electrons. The molecule has 3 aliphatic rings. The first-order valence-corrected chi connectivity index (χ1v) is 8.93. The number of carbonyl (C=O) groups is 1. The summed E-state index contributed by atoms with van der Waals surface area (Å²) in [5, 5.41) is 11.0. The molecule has 0 aromatic heterocycles. The summed E-state index contributed by atoms with van der Waals surface area (Å²) in [5.41, 5.74) is 1.44. The smallest absolute Gasteiger partial charge is 0.201 e. The van der Waals surface area contributed by atoms with Crippen LogP contribution in [0.25, 0.3) is 0 Å². The Kier molecular flexibility index (Phi) is 3.91. The average Bonchev–Trinajstić information content (AvgIpc) is 2.63. The number of phenolic OH excluding ortho intramolecular Hbond substituents is 1. The minimum Gasteiger partial charge on any atom is -0.504 e. The molecule has 2 aliphatic carbocycles. The normalized spacial score (nSPS) is 30.5. The third-order valence-electron chi connectivity index (χ3n) is 6.49. The topological polar surface area (TPSA) is 68.2 Å². The van der Waals surface area contributed by atoms with Gasteiger partial charge in [0, 0.05) is 29.4 Å². The van der Waals surface area contributed by atoms with Crippen LogP contribution in [-0.2, 0) is 26.1 Å². The van der Waals surface area contributed by atoms with Gasteiger partial charge in [-0.05, 0) is 38.1 Å². The van der Waals surface area contributed by atoms with Crippen molar-refractivity contribution in [3.8, 4) is 11.5 Å². The SMILES string of the molecule is COC1=C(OC)[C@@H]2[C@@H]3Cc4ccc(OC)c(O)c4[C@]2(CCN3C)CC1=O. The summed E-state index contributed by atoms with van der Waals surface area (Å²) in [6, 6.07) is 4.01. The largest absolute Gasteiger partial charge is 0.504 e. The Morgan fingerprint density at radius 2 is 1.96 bits per heavy atom. The number of carbonyl (C=O) groups excluding carboxylic acids is 1. The number of ether oxygens (including phenoxy) is 3. The van der Waals surface area contributed by atoms with Gasteiger partial charge < -0.3 is 24.2 Å². The van der Waals surface area contributed by atoms with Crippen molar-refractivity contribution in [3.05, 3.63) is 34.8 Å². The zero-order chi connectivity index (χ0) is 18.6. The number of allylic oxidation sites excluding steroid dienone is 1. The van der Waals surface area contributed by atoms with Gasteiger partial charge in [-0.15, -0.1) is 0 Å². The van der Waals surface area contributed by atoms with Crippen LogP contribution in [0.15, 0.2) is 23.7 Å². The second kappa shape index (κ2) is 5.91. The number of likely N-dealkylation sites (tertiary alicyclic amines) is 1. The first-order chi connectivity index (χ1) is 12.5. The van der Waals surface area contributed by atoms with E-state index < -0.39 is 5.41 Å². The van der Waals surface area contributed by atoms with Crippen molar-refractivity contribution in [1.82, 2.24) is 4.90 Å². The summed E-state index contributed by atoms with van der Waals surface area (Å²) < 4.78 is 16.5. The number of methoxy groups -OCH3 is 3. The summed E-state index contributed by atoms with van der Waals surface area (Å²) in [4.78, 5) is 15.2. The van der Waals surface area contributed by atoms with Gasteiger partial charge in [-0.3, -0.25) is 4.79 Å². The van der Waals surface area contributed by atoms with Gasteiger partial charge in [-0.2, -0.15) is 0 Å². The average molecular weight is 359 g/mol. The van der Waals surface area contributed by atoms with Gasteiger partial charge in [0.2, 0.25) is 5.78 Å². The monoisotopic (exact) mass is 359 g/mol. The predicted molar refractivity (Wildman–Crippen MR) is 95.2 cm³/mol. The van der Waals surface area contributed by atoms with Crippen LogP contribution in [0.4, 0.5) is 0 Å². The molecule has 2 bridgehead atoms. The van der Waals surface area contributed by atoms with E-state index in [4.69, 9.17) is 14.2 Å². The number of benzene rings is 1. The Hall–Kier alpha value is -2.21. The molecule has 26 heavy (non-hydrogen) atoms. The molecule has 0 amide bonds. The van der Waals surface area contributed by atoms with Crippen molar-refractivity contribution in [2.45, 2.75) is 30.7 Å². The molecule has 6 heteroatoms. The van der Waals surface area contributed by atoms with Gasteiger partial charge in [0.15, 0.2) is 17.3 Å². The number of ketones is 1. The molecule has 0 unspecified atom stereocenters. The molecule has 1 saturated heterocycles. The molecule has 1 N–H and O–H groups in total. The van der Waals surface area contributed by atoms with Gasteiger partial charge in [0.05, 0.1) is 21.3 Å². The Morgan fingerprint density at radius 3 is 2.62 bits per heavy atom. The number of hydrogen-bond donors (Lipinski definition) is 1. The van der Waals surface area contributed by atoms with E-state index in [-0.39, 0.29) is 23.5 Å². The van der Waals surface area contributed by atoms with E-state index in [2.05, 4.69) is 11.9 Å². The van der Waals surface area contributed by atoms with Gasteiger partial charge >= 0.3 is 0 Å². The van der Waals surface area contributed by atoms with Crippen LogP contribution >= 0.6 is 0 Å². The van der Waals surface area contributed by atoms with Gasteiger partial charge in [0.1, 0.15) is 5.76 Å². The fourth-order valence-electron chi connectivity index (χ4n) is 5.40. The molecule has 140 valence electrons. The van der Waals surface area contributed by atoms with Crippen molar-refractivity contribution in [2.75, 3.05) is 34.9 Å². The molecule has 0 saturated carbocycles. The zero-order valence-electron chi connectivity index (χ0n) is 15.7. The quantitative estimate of drug-likeness (QED) is 0.890. The molecule has 3 atom stereocenters. The summed E-state index contributed by atoms with van der Waals surface area (Å²) >= 11 is 0. The number of fused-ring (bicyclic) bond motifs is 1. The van der Waals surface area contributed by atoms with Crippen LogP contribution in [0.2, 0.25) is 0 Å². The zero-order valence-corrected chi connectivity index (χ0v) is 15.7. The van der Waals surface area contributed by atoms with E-state index in [1.54, 1.807) is 20.3 Å². The number of piperidine rings is 1. The maximum atomic E-state index is 12.9. The lowest BCUT2D eigenvalue weighted by Crippen LogP contribution is -2.61. The second-order valence-electron chi connectivity index (χ2n) is 7.49. The van der Waals surface area contributed by atoms with Crippen molar-refractivity contribution >= 4 is 5.78 Å². The fourth-order valence-corrected chi connectivity index (χ4v) is 5.40. The Morgan fingerprint density at radius 1 is 1.19 bits per heavy atom. The van der Waals surface area contributed by atoms with E-state index in [0.29, 0.717) is 23.7 Å². The molecule has 1 heterocycles. The van der Waals surface area contributed by atoms with Gasteiger partial charge in [-0.25, -0.2) is 0 Å². The third kappa shape index (κ3) is 2.05. The Labute approximate surface area is 153 Å². The van der Waals surface area contributed by atoms with Crippen molar-refractivity contribution in [3.63, 3.8) is 0 Å². The first-order valence-electron chi connectivity index (χ1n) is 8.93. The van der Waals surface area contributed by atoms with Crippen LogP contribution in [0.1, 0.15) is 24.0 Å². The third-order valence-corrected chi connectivity index (χ3v) is 6.49. The highest BCUT2D eigenvalue weighted by Crippen LogP contribution is 2.59. The first kappa shape index (κ1) is 17.2. The fraction of sp³-hybridized carbons (Fsp3) is 0.550.